The molecule has 0 saturated heterocycles. The van der Waals surface area contributed by atoms with E-state index in [-0.39, 0.29) is 18.3 Å². The van der Waals surface area contributed by atoms with Crippen molar-refractivity contribution in [1.82, 2.24) is 14.8 Å². The van der Waals surface area contributed by atoms with Gasteiger partial charge in [-0.2, -0.15) is 0 Å². The average Bonchev–Trinajstić information content (AvgIpc) is 3.25. The van der Waals surface area contributed by atoms with Crippen LogP contribution in [0.2, 0.25) is 0 Å². The Morgan fingerprint density at radius 3 is 2.44 bits per heavy atom. The van der Waals surface area contributed by atoms with Gasteiger partial charge in [-0.1, -0.05) is 13.8 Å². The lowest BCUT2D eigenvalue weighted by Gasteiger charge is -2.36. The van der Waals surface area contributed by atoms with Crippen molar-refractivity contribution < 1.29 is 9.53 Å². The summed E-state index contributed by atoms with van der Waals surface area (Å²) in [5.74, 6) is 3.73. The van der Waals surface area contributed by atoms with E-state index < -0.39 is 5.60 Å². The molecular formula is C21H36N4O2. The van der Waals surface area contributed by atoms with Gasteiger partial charge in [-0.05, 0) is 64.7 Å². The van der Waals surface area contributed by atoms with Crippen molar-refractivity contribution in [2.24, 2.45) is 17.6 Å². The summed E-state index contributed by atoms with van der Waals surface area (Å²) < 4.78 is 7.81. The second kappa shape index (κ2) is 7.90. The first-order chi connectivity index (χ1) is 12.7. The molecule has 2 aliphatic carbocycles. The van der Waals surface area contributed by atoms with Crippen molar-refractivity contribution in [3.63, 3.8) is 0 Å². The van der Waals surface area contributed by atoms with Crippen LogP contribution >= 0.6 is 0 Å². The highest BCUT2D eigenvalue weighted by Crippen LogP contribution is 2.47. The van der Waals surface area contributed by atoms with Crippen molar-refractivity contribution in [3.05, 3.63) is 11.6 Å². The smallest absolute Gasteiger partial charge is 0.307 e. The van der Waals surface area contributed by atoms with Crippen molar-refractivity contribution in [3.8, 4) is 0 Å². The molecule has 0 aromatic carbocycles. The molecule has 27 heavy (non-hydrogen) atoms. The molecule has 152 valence electrons. The molecule has 0 amide bonds. The maximum atomic E-state index is 12.3. The molecule has 2 aliphatic rings. The molecule has 2 saturated carbocycles. The van der Waals surface area contributed by atoms with Crippen molar-refractivity contribution in [2.75, 3.05) is 6.54 Å². The summed E-state index contributed by atoms with van der Waals surface area (Å²) in [7, 11) is 0. The minimum atomic E-state index is -0.483. The highest BCUT2D eigenvalue weighted by atomic mass is 16.6. The first-order valence-corrected chi connectivity index (χ1v) is 10.5. The fourth-order valence-electron chi connectivity index (χ4n) is 4.25. The number of nitrogens with two attached hydrogens (primary N) is 1. The Bertz CT molecular complexity index is 652. The van der Waals surface area contributed by atoms with Crippen molar-refractivity contribution in [1.29, 1.82) is 0 Å². The average molecular weight is 377 g/mol. The number of carbonyl (C=O) groups is 1. The summed E-state index contributed by atoms with van der Waals surface area (Å²) >= 11 is 0. The third-order valence-corrected chi connectivity index (χ3v) is 5.55. The zero-order valence-electron chi connectivity index (χ0n) is 17.6. The number of rotatable bonds is 8. The van der Waals surface area contributed by atoms with E-state index in [1.807, 2.05) is 20.8 Å². The molecular weight excluding hydrogens is 340 g/mol. The van der Waals surface area contributed by atoms with Gasteiger partial charge in [0, 0.05) is 24.4 Å². The van der Waals surface area contributed by atoms with E-state index in [4.69, 9.17) is 10.5 Å². The van der Waals surface area contributed by atoms with Crippen LogP contribution in [0, 0.1) is 11.8 Å². The lowest BCUT2D eigenvalue weighted by molar-refractivity contribution is -0.155. The van der Waals surface area contributed by atoms with Crippen LogP contribution in [0.5, 0.6) is 0 Å². The quantitative estimate of drug-likeness (QED) is 0.695. The number of carbonyl (C=O) groups excluding carboxylic acids is 1. The Labute approximate surface area is 163 Å². The molecule has 0 bridgehead atoms. The summed E-state index contributed by atoms with van der Waals surface area (Å²) in [5.41, 5.74) is 5.54. The lowest BCUT2D eigenvalue weighted by Crippen LogP contribution is -2.28. The Morgan fingerprint density at radius 2 is 1.93 bits per heavy atom. The largest absolute Gasteiger partial charge is 0.460 e. The number of aromatic nitrogens is 3. The van der Waals surface area contributed by atoms with Gasteiger partial charge in [0.1, 0.15) is 17.2 Å². The van der Waals surface area contributed by atoms with E-state index in [0.717, 1.165) is 23.5 Å². The Hall–Kier alpha value is -1.43. The van der Waals surface area contributed by atoms with Gasteiger partial charge in [-0.25, -0.2) is 0 Å². The maximum absolute atomic E-state index is 12.3. The number of hydrogen-bond acceptors (Lipinski definition) is 5. The van der Waals surface area contributed by atoms with E-state index in [1.165, 1.54) is 32.1 Å². The molecule has 1 heterocycles. The van der Waals surface area contributed by atoms with E-state index in [9.17, 15) is 4.79 Å². The van der Waals surface area contributed by atoms with E-state index >= 15 is 0 Å². The van der Waals surface area contributed by atoms with Crippen LogP contribution in [0.3, 0.4) is 0 Å². The van der Waals surface area contributed by atoms with E-state index in [1.54, 1.807) is 0 Å². The third kappa shape index (κ3) is 5.09. The highest BCUT2D eigenvalue weighted by Gasteiger charge is 2.39. The number of nitrogens with zero attached hydrogens (tertiary/aromatic N) is 3. The minimum Gasteiger partial charge on any atom is -0.460 e. The van der Waals surface area contributed by atoms with E-state index in [2.05, 4.69) is 28.6 Å². The fraction of sp³-hybridized carbons (Fsp3) is 0.857. The van der Waals surface area contributed by atoms with Crippen LogP contribution in [0.15, 0.2) is 0 Å². The molecule has 6 nitrogen and oxygen atoms in total. The van der Waals surface area contributed by atoms with Crippen LogP contribution in [0.1, 0.15) is 103 Å². The summed E-state index contributed by atoms with van der Waals surface area (Å²) in [6, 6.07) is 0.488. The van der Waals surface area contributed by atoms with Gasteiger partial charge in [-0.3, -0.25) is 4.79 Å². The predicted molar refractivity (Wildman–Crippen MR) is 105 cm³/mol. The monoisotopic (exact) mass is 376 g/mol. The molecule has 0 spiro atoms. The Kier molecular flexibility index (Phi) is 5.94. The molecule has 0 aliphatic heterocycles. The van der Waals surface area contributed by atoms with Gasteiger partial charge < -0.3 is 15.0 Å². The fourth-order valence-corrected chi connectivity index (χ4v) is 4.25. The Morgan fingerprint density at radius 1 is 1.26 bits per heavy atom. The van der Waals surface area contributed by atoms with Gasteiger partial charge >= 0.3 is 5.97 Å². The predicted octanol–water partition coefficient (Wildman–Crippen LogP) is 3.93. The standard InChI is InChI=1S/C21H36N4O2/c1-13(2)8-14-9-15(10-14)19-23-24-20(25(19)17-6-7-17)16(12-22)11-18(26)27-21(3,4)5/h13-17H,6-12,22H2,1-5H3/t14-,15+,16-/m1/s1. The number of ether oxygens (including phenoxy) is 1. The minimum absolute atomic E-state index is 0.131. The molecule has 0 radical (unpaired) electrons. The SMILES string of the molecule is CC(C)C[C@H]1C[C@@H](c2nnc([C@@H](CN)CC(=O)OC(C)(C)C)n2C2CC2)C1. The second-order valence-corrected chi connectivity index (χ2v) is 9.90. The normalized spacial score (nSPS) is 24.0. The zero-order chi connectivity index (χ0) is 19.8. The molecule has 1 aromatic rings. The summed E-state index contributed by atoms with van der Waals surface area (Å²) in [6.07, 6.45) is 6.32. The van der Waals surface area contributed by atoms with Crippen molar-refractivity contribution >= 4 is 5.97 Å². The molecule has 2 N–H and O–H groups in total. The summed E-state index contributed by atoms with van der Waals surface area (Å²) in [4.78, 5) is 12.3. The third-order valence-electron chi connectivity index (χ3n) is 5.55. The van der Waals surface area contributed by atoms with Crippen molar-refractivity contribution in [2.45, 2.75) is 96.6 Å². The van der Waals surface area contributed by atoms with Crippen LogP contribution in [0.25, 0.3) is 0 Å². The zero-order valence-corrected chi connectivity index (χ0v) is 17.6. The van der Waals surface area contributed by atoms with Gasteiger partial charge in [0.05, 0.1) is 6.42 Å². The number of hydrogen-bond donors (Lipinski definition) is 1. The first-order valence-electron chi connectivity index (χ1n) is 10.5. The van der Waals surface area contributed by atoms with Crippen LogP contribution in [-0.2, 0) is 9.53 Å². The molecule has 0 unspecified atom stereocenters. The molecule has 1 aromatic heterocycles. The van der Waals surface area contributed by atoms with Gasteiger partial charge in [0.2, 0.25) is 0 Å². The highest BCUT2D eigenvalue weighted by molar-refractivity contribution is 5.70. The topological polar surface area (TPSA) is 83.0 Å². The second-order valence-electron chi connectivity index (χ2n) is 9.90. The summed E-state index contributed by atoms with van der Waals surface area (Å²) in [5, 5.41) is 9.08. The molecule has 6 heteroatoms. The van der Waals surface area contributed by atoms with Crippen LogP contribution < -0.4 is 5.73 Å². The van der Waals surface area contributed by atoms with Crippen LogP contribution in [-0.4, -0.2) is 32.9 Å². The summed E-state index contributed by atoms with van der Waals surface area (Å²) in [6.45, 7) is 10.6. The molecule has 2 fully saturated rings. The maximum Gasteiger partial charge on any atom is 0.307 e. The van der Waals surface area contributed by atoms with Gasteiger partial charge in [-0.15, -0.1) is 10.2 Å². The van der Waals surface area contributed by atoms with E-state index in [0.29, 0.717) is 18.5 Å². The Balaban J connectivity index is 1.72. The molecule has 3 rings (SSSR count). The molecule has 1 atom stereocenters. The lowest BCUT2D eigenvalue weighted by atomic mass is 9.71. The first kappa shape index (κ1) is 20.3. The van der Waals surface area contributed by atoms with Crippen LogP contribution in [0.4, 0.5) is 0 Å². The number of esters is 1. The van der Waals surface area contributed by atoms with Gasteiger partial charge in [0.15, 0.2) is 0 Å². The van der Waals surface area contributed by atoms with Gasteiger partial charge in [0.25, 0.3) is 0 Å².